The second-order valence-corrected chi connectivity index (χ2v) is 7.62. The molecule has 0 bridgehead atoms. The number of carbonyl (C=O) groups is 2. The molecule has 2 saturated heterocycles. The first kappa shape index (κ1) is 19.9. The number of carbonyl (C=O) groups excluding carboxylic acids is 2. The number of likely N-dealkylation sites (tertiary alicyclic amines) is 1. The van der Waals surface area contributed by atoms with E-state index in [9.17, 15) is 9.59 Å². The number of nitrogens with zero attached hydrogens (tertiary/aromatic N) is 4. The smallest absolute Gasteiger partial charge is 0.224 e. The molecule has 0 atom stereocenters. The summed E-state index contributed by atoms with van der Waals surface area (Å²) in [5, 5.41) is 0. The number of imidazole rings is 1. The Morgan fingerprint density at radius 2 is 2.04 bits per heavy atom. The lowest BCUT2D eigenvalue weighted by Crippen LogP contribution is -2.53. The van der Waals surface area contributed by atoms with Crippen molar-refractivity contribution < 1.29 is 14.3 Å². The molecule has 7 heteroatoms. The Morgan fingerprint density at radius 1 is 1.26 bits per heavy atom. The average molecular weight is 377 g/mol. The Morgan fingerprint density at radius 3 is 2.74 bits per heavy atom. The van der Waals surface area contributed by atoms with E-state index in [1.165, 1.54) is 0 Å². The summed E-state index contributed by atoms with van der Waals surface area (Å²) < 4.78 is 8.20. The Kier molecular flexibility index (Phi) is 6.52. The van der Waals surface area contributed by atoms with Crippen molar-refractivity contribution in [2.45, 2.75) is 64.5 Å². The van der Waals surface area contributed by atoms with Gasteiger partial charge in [-0.2, -0.15) is 0 Å². The molecule has 3 heterocycles. The Labute approximate surface area is 161 Å². The monoisotopic (exact) mass is 376 g/mol. The van der Waals surface area contributed by atoms with Crippen LogP contribution in [-0.2, 0) is 27.3 Å². The second kappa shape index (κ2) is 8.87. The van der Waals surface area contributed by atoms with E-state index in [0.29, 0.717) is 45.6 Å². The first-order valence-corrected chi connectivity index (χ1v) is 10.3. The van der Waals surface area contributed by atoms with Crippen molar-refractivity contribution >= 4 is 11.8 Å². The number of ether oxygens (including phenoxy) is 1. The Balaban J connectivity index is 1.53. The molecular formula is C20H32N4O3. The van der Waals surface area contributed by atoms with E-state index in [2.05, 4.69) is 23.4 Å². The lowest BCUT2D eigenvalue weighted by molar-refractivity contribution is -0.140. The summed E-state index contributed by atoms with van der Waals surface area (Å²) in [4.78, 5) is 33.1. The van der Waals surface area contributed by atoms with Crippen molar-refractivity contribution in [1.29, 1.82) is 0 Å². The van der Waals surface area contributed by atoms with Crippen molar-refractivity contribution in [1.82, 2.24) is 19.4 Å². The maximum atomic E-state index is 12.6. The van der Waals surface area contributed by atoms with E-state index in [0.717, 1.165) is 38.1 Å². The molecule has 27 heavy (non-hydrogen) atoms. The molecule has 0 N–H and O–H groups in total. The highest BCUT2D eigenvalue weighted by molar-refractivity contribution is 5.77. The molecule has 1 aromatic heterocycles. The molecule has 1 aromatic rings. The van der Waals surface area contributed by atoms with E-state index in [-0.39, 0.29) is 17.4 Å². The predicted molar refractivity (Wildman–Crippen MR) is 102 cm³/mol. The molecule has 2 fully saturated rings. The standard InChI is InChI=1S/C20H32N4O3/c1-3-10-24-16-20(27-15-6-19(24)26)7-12-23(13-8-20)18(25)5-11-22-14-9-21-17(22)4-2/h9,14H,3-8,10-13,15-16H2,1-2H3. The highest BCUT2D eigenvalue weighted by atomic mass is 16.5. The van der Waals surface area contributed by atoms with Crippen LogP contribution >= 0.6 is 0 Å². The van der Waals surface area contributed by atoms with Gasteiger partial charge >= 0.3 is 0 Å². The van der Waals surface area contributed by atoms with E-state index in [1.807, 2.05) is 16.0 Å². The van der Waals surface area contributed by atoms with Gasteiger partial charge in [0, 0.05) is 58.0 Å². The average Bonchev–Trinajstić information content (AvgIpc) is 3.08. The number of aryl methyl sites for hydroxylation is 2. The molecule has 2 amide bonds. The number of rotatable bonds is 6. The van der Waals surface area contributed by atoms with Crippen LogP contribution in [0.25, 0.3) is 0 Å². The topological polar surface area (TPSA) is 67.7 Å². The Bertz CT molecular complexity index is 649. The number of hydrogen-bond donors (Lipinski definition) is 0. The van der Waals surface area contributed by atoms with Crippen LogP contribution in [0.5, 0.6) is 0 Å². The molecule has 0 saturated carbocycles. The van der Waals surface area contributed by atoms with Gasteiger partial charge in [0.15, 0.2) is 0 Å². The molecule has 3 rings (SSSR count). The van der Waals surface area contributed by atoms with Gasteiger partial charge in [0.2, 0.25) is 11.8 Å². The highest BCUT2D eigenvalue weighted by Crippen LogP contribution is 2.30. The zero-order chi connectivity index (χ0) is 19.3. The van der Waals surface area contributed by atoms with Crippen LogP contribution in [0.4, 0.5) is 0 Å². The van der Waals surface area contributed by atoms with Gasteiger partial charge in [-0.15, -0.1) is 0 Å². The summed E-state index contributed by atoms with van der Waals surface area (Å²) >= 11 is 0. The normalized spacial score (nSPS) is 20.1. The van der Waals surface area contributed by atoms with Crippen molar-refractivity contribution in [3.8, 4) is 0 Å². The fourth-order valence-electron chi connectivity index (χ4n) is 4.17. The molecule has 0 radical (unpaired) electrons. The molecule has 150 valence electrons. The summed E-state index contributed by atoms with van der Waals surface area (Å²) in [6.45, 7) is 8.20. The predicted octanol–water partition coefficient (Wildman–Crippen LogP) is 1.86. The maximum Gasteiger partial charge on any atom is 0.224 e. The third kappa shape index (κ3) is 4.69. The van der Waals surface area contributed by atoms with Gasteiger partial charge in [0.1, 0.15) is 5.82 Å². The van der Waals surface area contributed by atoms with Gasteiger partial charge in [-0.1, -0.05) is 13.8 Å². The zero-order valence-corrected chi connectivity index (χ0v) is 16.7. The van der Waals surface area contributed by atoms with E-state index in [4.69, 9.17) is 4.74 Å². The lowest BCUT2D eigenvalue weighted by Gasteiger charge is -2.42. The minimum absolute atomic E-state index is 0.190. The summed E-state index contributed by atoms with van der Waals surface area (Å²) in [7, 11) is 0. The fraction of sp³-hybridized carbons (Fsp3) is 0.750. The molecule has 0 aliphatic carbocycles. The largest absolute Gasteiger partial charge is 0.372 e. The molecule has 7 nitrogen and oxygen atoms in total. The van der Waals surface area contributed by atoms with Crippen molar-refractivity contribution in [3.05, 3.63) is 18.2 Å². The summed E-state index contributed by atoms with van der Waals surface area (Å²) in [5.74, 6) is 1.41. The highest BCUT2D eigenvalue weighted by Gasteiger charge is 2.40. The first-order chi connectivity index (χ1) is 13.1. The van der Waals surface area contributed by atoms with Gasteiger partial charge in [0.25, 0.3) is 0 Å². The van der Waals surface area contributed by atoms with Crippen LogP contribution in [0.15, 0.2) is 12.4 Å². The second-order valence-electron chi connectivity index (χ2n) is 7.62. The molecule has 0 aromatic carbocycles. The minimum atomic E-state index is -0.280. The van der Waals surface area contributed by atoms with Gasteiger partial charge in [0.05, 0.1) is 18.6 Å². The molecule has 1 spiro atoms. The minimum Gasteiger partial charge on any atom is -0.372 e. The van der Waals surface area contributed by atoms with Crippen LogP contribution in [0.1, 0.15) is 51.8 Å². The van der Waals surface area contributed by atoms with E-state index < -0.39 is 0 Å². The third-order valence-corrected chi connectivity index (χ3v) is 5.76. The van der Waals surface area contributed by atoms with Crippen LogP contribution in [-0.4, -0.2) is 69.6 Å². The molecule has 2 aliphatic rings. The van der Waals surface area contributed by atoms with Crippen molar-refractivity contribution in [2.24, 2.45) is 0 Å². The third-order valence-electron chi connectivity index (χ3n) is 5.76. The molecule has 0 unspecified atom stereocenters. The Hall–Kier alpha value is -1.89. The number of piperidine rings is 1. The summed E-state index contributed by atoms with van der Waals surface area (Å²) in [5.41, 5.74) is -0.280. The van der Waals surface area contributed by atoms with Gasteiger partial charge in [-0.25, -0.2) is 4.98 Å². The van der Waals surface area contributed by atoms with Gasteiger partial charge in [-0.3, -0.25) is 9.59 Å². The van der Waals surface area contributed by atoms with Crippen LogP contribution in [0, 0.1) is 0 Å². The summed E-state index contributed by atoms with van der Waals surface area (Å²) in [6, 6.07) is 0. The molecule has 2 aliphatic heterocycles. The van der Waals surface area contributed by atoms with Crippen LogP contribution in [0.2, 0.25) is 0 Å². The fourth-order valence-corrected chi connectivity index (χ4v) is 4.17. The summed E-state index contributed by atoms with van der Waals surface area (Å²) in [6.07, 6.45) is 8.14. The van der Waals surface area contributed by atoms with Crippen molar-refractivity contribution in [2.75, 3.05) is 32.8 Å². The quantitative estimate of drug-likeness (QED) is 0.760. The zero-order valence-electron chi connectivity index (χ0n) is 16.7. The first-order valence-electron chi connectivity index (χ1n) is 10.3. The number of aromatic nitrogens is 2. The SMILES string of the molecule is CCCN1CC2(CCN(C(=O)CCn3ccnc3CC)CC2)OCCC1=O. The van der Waals surface area contributed by atoms with E-state index in [1.54, 1.807) is 6.20 Å². The van der Waals surface area contributed by atoms with E-state index >= 15 is 0 Å². The maximum absolute atomic E-state index is 12.6. The van der Waals surface area contributed by atoms with Crippen molar-refractivity contribution in [3.63, 3.8) is 0 Å². The molecular weight excluding hydrogens is 344 g/mol. The number of hydrogen-bond acceptors (Lipinski definition) is 4. The number of amides is 2. The van der Waals surface area contributed by atoms with Gasteiger partial charge < -0.3 is 19.1 Å². The lowest BCUT2D eigenvalue weighted by atomic mass is 9.90. The van der Waals surface area contributed by atoms with Crippen LogP contribution in [0.3, 0.4) is 0 Å². The van der Waals surface area contributed by atoms with Crippen LogP contribution < -0.4 is 0 Å². The van der Waals surface area contributed by atoms with Gasteiger partial charge in [-0.05, 0) is 19.3 Å².